The largest absolute Gasteiger partial charge is 0.339 e. The van der Waals surface area contributed by atoms with E-state index in [1.54, 1.807) is 0 Å². The van der Waals surface area contributed by atoms with E-state index in [-0.39, 0.29) is 5.41 Å². The number of aromatic amines is 1. The fourth-order valence-electron chi connectivity index (χ4n) is 3.46. The first-order chi connectivity index (χ1) is 10.2. The van der Waals surface area contributed by atoms with Crippen LogP contribution in [-0.4, -0.2) is 59.3 Å². The normalized spacial score (nSPS) is 27.4. The van der Waals surface area contributed by atoms with Crippen molar-refractivity contribution in [1.82, 2.24) is 20.1 Å². The summed E-state index contributed by atoms with van der Waals surface area (Å²) in [6, 6.07) is 0. The zero-order chi connectivity index (χ0) is 14.7. The molecule has 6 heteroatoms. The first-order valence-corrected chi connectivity index (χ1v) is 8.27. The van der Waals surface area contributed by atoms with Crippen LogP contribution in [0.5, 0.6) is 0 Å². The third kappa shape index (κ3) is 3.55. The first-order valence-electron chi connectivity index (χ1n) is 8.27. The molecule has 0 aliphatic carbocycles. The number of hydrogen-bond donors (Lipinski definition) is 2. The smallest absolute Gasteiger partial charge is 0.244 e. The summed E-state index contributed by atoms with van der Waals surface area (Å²) in [5, 5.41) is 7.53. The average Bonchev–Trinajstić information content (AvgIpc) is 3.17. The van der Waals surface area contributed by atoms with Crippen molar-refractivity contribution in [1.29, 1.82) is 0 Å². The van der Waals surface area contributed by atoms with E-state index in [1.165, 1.54) is 38.8 Å². The van der Waals surface area contributed by atoms with Gasteiger partial charge in [0, 0.05) is 26.1 Å². The summed E-state index contributed by atoms with van der Waals surface area (Å²) in [7, 11) is 0. The Kier molecular flexibility index (Phi) is 4.45. The van der Waals surface area contributed by atoms with Crippen molar-refractivity contribution in [2.24, 2.45) is 11.1 Å². The number of rotatable bonds is 5. The van der Waals surface area contributed by atoms with E-state index in [1.807, 2.05) is 0 Å². The van der Waals surface area contributed by atoms with Crippen molar-refractivity contribution in [2.75, 3.05) is 44.2 Å². The van der Waals surface area contributed by atoms with Crippen LogP contribution < -0.4 is 10.6 Å². The SMILES string of the molecule is CC1(CN)CCCN(c2n[nH]c(CCN3CCCC3)n2)C1. The van der Waals surface area contributed by atoms with Crippen LogP contribution in [0.25, 0.3) is 0 Å². The second-order valence-electron chi connectivity index (χ2n) is 6.92. The van der Waals surface area contributed by atoms with Crippen LogP contribution in [0.1, 0.15) is 38.4 Å². The van der Waals surface area contributed by atoms with Gasteiger partial charge in [0.15, 0.2) is 0 Å². The topological polar surface area (TPSA) is 74.1 Å². The van der Waals surface area contributed by atoms with Crippen LogP contribution in [0.4, 0.5) is 5.95 Å². The third-order valence-electron chi connectivity index (χ3n) is 4.94. The fourth-order valence-corrected chi connectivity index (χ4v) is 3.46. The van der Waals surface area contributed by atoms with Gasteiger partial charge in [0.1, 0.15) is 5.82 Å². The van der Waals surface area contributed by atoms with Crippen molar-refractivity contribution in [3.05, 3.63) is 5.82 Å². The minimum absolute atomic E-state index is 0.203. The molecular formula is C15H28N6. The Labute approximate surface area is 127 Å². The molecule has 0 aromatic carbocycles. The van der Waals surface area contributed by atoms with Crippen molar-refractivity contribution in [3.8, 4) is 0 Å². The van der Waals surface area contributed by atoms with E-state index in [0.29, 0.717) is 0 Å². The molecule has 2 fully saturated rings. The maximum Gasteiger partial charge on any atom is 0.244 e. The number of aromatic nitrogens is 3. The van der Waals surface area contributed by atoms with E-state index in [4.69, 9.17) is 5.73 Å². The maximum atomic E-state index is 5.92. The van der Waals surface area contributed by atoms with E-state index in [2.05, 4.69) is 31.9 Å². The van der Waals surface area contributed by atoms with Crippen LogP contribution in [0.15, 0.2) is 0 Å². The Morgan fingerprint density at radius 2 is 2.05 bits per heavy atom. The molecule has 3 N–H and O–H groups in total. The van der Waals surface area contributed by atoms with Crippen LogP contribution in [0.2, 0.25) is 0 Å². The molecule has 2 aliphatic rings. The molecule has 21 heavy (non-hydrogen) atoms. The van der Waals surface area contributed by atoms with Crippen molar-refractivity contribution in [3.63, 3.8) is 0 Å². The molecule has 0 amide bonds. The van der Waals surface area contributed by atoms with Gasteiger partial charge in [0.25, 0.3) is 0 Å². The summed E-state index contributed by atoms with van der Waals surface area (Å²) in [5.41, 5.74) is 6.12. The number of nitrogens with one attached hydrogen (secondary N) is 1. The van der Waals surface area contributed by atoms with E-state index < -0.39 is 0 Å². The first kappa shape index (κ1) is 14.8. The zero-order valence-corrected chi connectivity index (χ0v) is 13.1. The summed E-state index contributed by atoms with van der Waals surface area (Å²) in [6.07, 6.45) is 6.02. The van der Waals surface area contributed by atoms with Gasteiger partial charge < -0.3 is 15.5 Å². The summed E-state index contributed by atoms with van der Waals surface area (Å²) >= 11 is 0. The Hall–Kier alpha value is -1.14. The van der Waals surface area contributed by atoms with Gasteiger partial charge in [-0.15, -0.1) is 5.10 Å². The average molecular weight is 292 g/mol. The third-order valence-corrected chi connectivity index (χ3v) is 4.94. The quantitative estimate of drug-likeness (QED) is 0.847. The van der Waals surface area contributed by atoms with Gasteiger partial charge in [0.05, 0.1) is 0 Å². The van der Waals surface area contributed by atoms with Crippen LogP contribution in [-0.2, 0) is 6.42 Å². The fraction of sp³-hybridized carbons (Fsp3) is 0.867. The highest BCUT2D eigenvalue weighted by Gasteiger charge is 2.31. The second-order valence-corrected chi connectivity index (χ2v) is 6.92. The summed E-state index contributed by atoms with van der Waals surface area (Å²) < 4.78 is 0. The van der Waals surface area contributed by atoms with Gasteiger partial charge in [-0.1, -0.05) is 6.92 Å². The lowest BCUT2D eigenvalue weighted by Gasteiger charge is -2.39. The van der Waals surface area contributed by atoms with E-state index in [9.17, 15) is 0 Å². The predicted octanol–water partition coefficient (Wildman–Crippen LogP) is 1.01. The number of anilines is 1. The minimum Gasteiger partial charge on any atom is -0.339 e. The Morgan fingerprint density at radius 1 is 1.24 bits per heavy atom. The molecule has 0 bridgehead atoms. The van der Waals surface area contributed by atoms with E-state index in [0.717, 1.165) is 44.4 Å². The molecule has 1 aromatic rings. The van der Waals surface area contributed by atoms with Crippen LogP contribution >= 0.6 is 0 Å². The maximum absolute atomic E-state index is 5.92. The summed E-state index contributed by atoms with van der Waals surface area (Å²) in [6.45, 7) is 8.57. The number of nitrogens with zero attached hydrogens (tertiary/aromatic N) is 4. The molecule has 0 spiro atoms. The molecule has 2 aliphatic heterocycles. The lowest BCUT2D eigenvalue weighted by atomic mass is 9.82. The van der Waals surface area contributed by atoms with Gasteiger partial charge in [-0.2, -0.15) is 4.98 Å². The highest BCUT2D eigenvalue weighted by Crippen LogP contribution is 2.29. The lowest BCUT2D eigenvalue weighted by molar-refractivity contribution is 0.270. The van der Waals surface area contributed by atoms with Crippen molar-refractivity contribution in [2.45, 2.75) is 39.0 Å². The molecule has 1 aromatic heterocycles. The number of H-pyrrole nitrogens is 1. The molecule has 6 nitrogen and oxygen atoms in total. The summed E-state index contributed by atoms with van der Waals surface area (Å²) in [4.78, 5) is 9.48. The minimum atomic E-state index is 0.203. The predicted molar refractivity (Wildman–Crippen MR) is 84.4 cm³/mol. The molecule has 1 unspecified atom stereocenters. The molecule has 1 atom stereocenters. The molecule has 3 rings (SSSR count). The Bertz CT molecular complexity index is 453. The molecule has 2 saturated heterocycles. The number of piperidine rings is 1. The summed E-state index contributed by atoms with van der Waals surface area (Å²) in [5.74, 6) is 1.86. The standard InChI is InChI=1S/C15H28N6/c1-15(11-16)6-4-9-21(12-15)14-17-13(18-19-14)5-10-20-7-2-3-8-20/h2-12,16H2,1H3,(H,17,18,19). The number of nitrogens with two attached hydrogens (primary N) is 1. The van der Waals surface area contributed by atoms with Gasteiger partial charge in [-0.3, -0.25) is 5.10 Å². The number of hydrogen-bond acceptors (Lipinski definition) is 5. The molecule has 0 radical (unpaired) electrons. The molecule has 118 valence electrons. The van der Waals surface area contributed by atoms with Crippen molar-refractivity contribution < 1.29 is 0 Å². The highest BCUT2D eigenvalue weighted by atomic mass is 15.4. The van der Waals surface area contributed by atoms with Gasteiger partial charge in [-0.05, 0) is 50.7 Å². The lowest BCUT2D eigenvalue weighted by Crippen LogP contribution is -2.46. The van der Waals surface area contributed by atoms with Gasteiger partial charge >= 0.3 is 0 Å². The highest BCUT2D eigenvalue weighted by molar-refractivity contribution is 5.30. The number of likely N-dealkylation sites (tertiary alicyclic amines) is 1. The molecular weight excluding hydrogens is 264 g/mol. The zero-order valence-electron chi connectivity index (χ0n) is 13.1. The molecule has 0 saturated carbocycles. The Balaban J connectivity index is 1.56. The van der Waals surface area contributed by atoms with E-state index >= 15 is 0 Å². The van der Waals surface area contributed by atoms with Gasteiger partial charge in [0.2, 0.25) is 5.95 Å². The van der Waals surface area contributed by atoms with Crippen LogP contribution in [0.3, 0.4) is 0 Å². The van der Waals surface area contributed by atoms with Crippen LogP contribution in [0, 0.1) is 5.41 Å². The van der Waals surface area contributed by atoms with Crippen molar-refractivity contribution >= 4 is 5.95 Å². The Morgan fingerprint density at radius 3 is 2.81 bits per heavy atom. The second kappa shape index (κ2) is 6.32. The monoisotopic (exact) mass is 292 g/mol. The molecule has 3 heterocycles. The van der Waals surface area contributed by atoms with Gasteiger partial charge in [-0.25, -0.2) is 0 Å².